The molecule has 0 aliphatic carbocycles. The fraction of sp³-hybridized carbons (Fsp3) is 0.263. The van der Waals surface area contributed by atoms with E-state index < -0.39 is 5.60 Å². The van der Waals surface area contributed by atoms with Gasteiger partial charge in [0, 0.05) is 11.9 Å². The summed E-state index contributed by atoms with van der Waals surface area (Å²) in [6, 6.07) is 11.8. The number of amides is 1. The summed E-state index contributed by atoms with van der Waals surface area (Å²) in [4.78, 5) is 20.1. The van der Waals surface area contributed by atoms with Crippen molar-refractivity contribution in [2.24, 2.45) is 0 Å². The number of nitrogens with zero attached hydrogens (tertiary/aromatic N) is 2. The van der Waals surface area contributed by atoms with Crippen LogP contribution >= 0.6 is 22.7 Å². The topological polar surface area (TPSA) is 53.4 Å². The zero-order valence-electron chi connectivity index (χ0n) is 13.8. The molecule has 25 heavy (non-hydrogen) atoms. The van der Waals surface area contributed by atoms with Crippen molar-refractivity contribution in [1.82, 2.24) is 9.88 Å². The number of aliphatic hydroxyl groups is 1. The molecule has 1 aliphatic heterocycles. The van der Waals surface area contributed by atoms with Gasteiger partial charge >= 0.3 is 0 Å². The summed E-state index contributed by atoms with van der Waals surface area (Å²) in [6.07, 6.45) is 0.547. The van der Waals surface area contributed by atoms with Crippen molar-refractivity contribution < 1.29 is 9.90 Å². The van der Waals surface area contributed by atoms with E-state index in [0.29, 0.717) is 25.2 Å². The molecule has 3 aromatic rings. The normalized spacial score (nSPS) is 20.2. The van der Waals surface area contributed by atoms with E-state index >= 15 is 0 Å². The second-order valence-electron chi connectivity index (χ2n) is 6.34. The number of thiophene rings is 1. The second kappa shape index (κ2) is 6.37. The first-order valence-corrected chi connectivity index (χ1v) is 9.90. The van der Waals surface area contributed by atoms with E-state index in [-0.39, 0.29) is 5.91 Å². The van der Waals surface area contributed by atoms with Gasteiger partial charge in [0.15, 0.2) is 0 Å². The lowest BCUT2D eigenvalue weighted by Crippen LogP contribution is -2.35. The average Bonchev–Trinajstić information content (AvgIpc) is 3.35. The highest BCUT2D eigenvalue weighted by atomic mass is 32.1. The van der Waals surface area contributed by atoms with E-state index in [1.807, 2.05) is 54.1 Å². The van der Waals surface area contributed by atoms with Crippen LogP contribution in [0.5, 0.6) is 0 Å². The number of hydrogen-bond donors (Lipinski definition) is 1. The standard InChI is InChI=1S/C19H18N2O2S2/c1-13-5-2-3-6-14(13)19(23)8-9-21(12-19)18(22)15-11-25-17(20-15)16-7-4-10-24-16/h2-7,10-11,23H,8-9,12H2,1H3/t19-/m0/s1. The van der Waals surface area contributed by atoms with Crippen LogP contribution < -0.4 is 0 Å². The summed E-state index contributed by atoms with van der Waals surface area (Å²) in [6.45, 7) is 2.84. The molecule has 4 rings (SSSR count). The Balaban J connectivity index is 1.54. The van der Waals surface area contributed by atoms with Gasteiger partial charge in [0.25, 0.3) is 5.91 Å². The minimum absolute atomic E-state index is 0.108. The molecule has 1 fully saturated rings. The Kier molecular flexibility index (Phi) is 4.19. The van der Waals surface area contributed by atoms with Gasteiger partial charge in [-0.2, -0.15) is 0 Å². The number of carbonyl (C=O) groups excluding carboxylic acids is 1. The highest BCUT2D eigenvalue weighted by Gasteiger charge is 2.41. The third kappa shape index (κ3) is 3.01. The molecular formula is C19H18N2O2S2. The van der Waals surface area contributed by atoms with Crippen LogP contribution in [0.3, 0.4) is 0 Å². The largest absolute Gasteiger partial charge is 0.383 e. The van der Waals surface area contributed by atoms with Gasteiger partial charge in [0.05, 0.1) is 11.4 Å². The summed E-state index contributed by atoms with van der Waals surface area (Å²) < 4.78 is 0. The lowest BCUT2D eigenvalue weighted by Gasteiger charge is -2.25. The summed E-state index contributed by atoms with van der Waals surface area (Å²) in [5, 5.41) is 15.7. The van der Waals surface area contributed by atoms with Crippen molar-refractivity contribution in [3.05, 3.63) is 64.0 Å². The van der Waals surface area contributed by atoms with E-state index in [9.17, 15) is 9.90 Å². The highest BCUT2D eigenvalue weighted by Crippen LogP contribution is 2.35. The second-order valence-corrected chi connectivity index (χ2v) is 8.14. The monoisotopic (exact) mass is 370 g/mol. The molecule has 1 amide bonds. The summed E-state index contributed by atoms with van der Waals surface area (Å²) in [7, 11) is 0. The molecule has 0 spiro atoms. The third-order valence-electron chi connectivity index (χ3n) is 4.64. The van der Waals surface area contributed by atoms with E-state index in [1.165, 1.54) is 11.3 Å². The Morgan fingerprint density at radius 3 is 2.84 bits per heavy atom. The molecule has 2 aromatic heterocycles. The Hall–Kier alpha value is -2.02. The maximum atomic E-state index is 12.8. The maximum absolute atomic E-state index is 12.8. The Labute approximate surface area is 154 Å². The molecular weight excluding hydrogens is 352 g/mol. The first kappa shape index (κ1) is 16.4. The molecule has 1 aromatic carbocycles. The summed E-state index contributed by atoms with van der Waals surface area (Å²) in [5.74, 6) is -0.108. The molecule has 1 saturated heterocycles. The minimum Gasteiger partial charge on any atom is -0.383 e. The number of thiazole rings is 1. The summed E-state index contributed by atoms with van der Waals surface area (Å²) >= 11 is 3.10. The fourth-order valence-corrected chi connectivity index (χ4v) is 4.94. The van der Waals surface area contributed by atoms with Crippen molar-refractivity contribution in [2.75, 3.05) is 13.1 Å². The van der Waals surface area contributed by atoms with E-state index in [4.69, 9.17) is 0 Å². The van der Waals surface area contributed by atoms with Gasteiger partial charge in [-0.25, -0.2) is 4.98 Å². The Morgan fingerprint density at radius 2 is 2.08 bits per heavy atom. The first-order valence-electron chi connectivity index (χ1n) is 8.14. The van der Waals surface area contributed by atoms with Gasteiger partial charge in [-0.05, 0) is 35.9 Å². The van der Waals surface area contributed by atoms with E-state index in [0.717, 1.165) is 21.0 Å². The lowest BCUT2D eigenvalue weighted by atomic mass is 9.89. The molecule has 3 heterocycles. The molecule has 0 radical (unpaired) electrons. The van der Waals surface area contributed by atoms with Gasteiger partial charge in [-0.3, -0.25) is 4.79 Å². The highest BCUT2D eigenvalue weighted by molar-refractivity contribution is 7.20. The number of carbonyl (C=O) groups is 1. The number of aryl methyl sites for hydroxylation is 1. The van der Waals surface area contributed by atoms with E-state index in [1.54, 1.807) is 16.2 Å². The van der Waals surface area contributed by atoms with Crippen molar-refractivity contribution in [3.63, 3.8) is 0 Å². The van der Waals surface area contributed by atoms with Crippen molar-refractivity contribution in [1.29, 1.82) is 0 Å². The van der Waals surface area contributed by atoms with Crippen LogP contribution in [0.25, 0.3) is 9.88 Å². The van der Waals surface area contributed by atoms with E-state index in [2.05, 4.69) is 4.98 Å². The quantitative estimate of drug-likeness (QED) is 0.760. The molecule has 1 atom stereocenters. The number of likely N-dealkylation sites (tertiary alicyclic amines) is 1. The van der Waals surface area contributed by atoms with Gasteiger partial charge in [-0.15, -0.1) is 22.7 Å². The van der Waals surface area contributed by atoms with Gasteiger partial charge < -0.3 is 10.0 Å². The number of benzene rings is 1. The number of β-amino-alcohol motifs (C(OH)–C–C–N with tert-alkyl or cyclic N) is 1. The number of rotatable bonds is 3. The predicted molar refractivity (Wildman–Crippen MR) is 101 cm³/mol. The number of hydrogen-bond acceptors (Lipinski definition) is 5. The Morgan fingerprint density at radius 1 is 1.24 bits per heavy atom. The predicted octanol–water partition coefficient (Wildman–Crippen LogP) is 3.91. The third-order valence-corrected chi connectivity index (χ3v) is 6.52. The van der Waals surface area contributed by atoms with Crippen LogP contribution in [-0.2, 0) is 5.60 Å². The minimum atomic E-state index is -0.979. The maximum Gasteiger partial charge on any atom is 0.273 e. The van der Waals surface area contributed by atoms with Crippen LogP contribution in [0.2, 0.25) is 0 Å². The lowest BCUT2D eigenvalue weighted by molar-refractivity contribution is 0.0411. The van der Waals surface area contributed by atoms with Crippen LogP contribution in [-0.4, -0.2) is 34.0 Å². The smallest absolute Gasteiger partial charge is 0.273 e. The van der Waals surface area contributed by atoms with Crippen LogP contribution in [0, 0.1) is 6.92 Å². The molecule has 0 unspecified atom stereocenters. The Bertz CT molecular complexity index is 904. The van der Waals surface area contributed by atoms with Gasteiger partial charge in [0.2, 0.25) is 0 Å². The molecule has 128 valence electrons. The zero-order chi connectivity index (χ0) is 17.4. The molecule has 4 nitrogen and oxygen atoms in total. The average molecular weight is 370 g/mol. The zero-order valence-corrected chi connectivity index (χ0v) is 15.4. The number of aromatic nitrogens is 1. The van der Waals surface area contributed by atoms with Crippen molar-refractivity contribution in [3.8, 4) is 9.88 Å². The van der Waals surface area contributed by atoms with Crippen LogP contribution in [0.15, 0.2) is 47.2 Å². The van der Waals surface area contributed by atoms with Crippen molar-refractivity contribution >= 4 is 28.6 Å². The van der Waals surface area contributed by atoms with Gasteiger partial charge in [-0.1, -0.05) is 30.3 Å². The molecule has 0 bridgehead atoms. The van der Waals surface area contributed by atoms with Crippen molar-refractivity contribution in [2.45, 2.75) is 18.9 Å². The van der Waals surface area contributed by atoms with Crippen LogP contribution in [0.4, 0.5) is 0 Å². The molecule has 6 heteroatoms. The summed E-state index contributed by atoms with van der Waals surface area (Å²) in [5.41, 5.74) is 1.44. The van der Waals surface area contributed by atoms with Crippen LogP contribution in [0.1, 0.15) is 28.0 Å². The first-order chi connectivity index (χ1) is 12.1. The fourth-order valence-electron chi connectivity index (χ4n) is 3.33. The molecule has 1 N–H and O–H groups in total. The van der Waals surface area contributed by atoms with Gasteiger partial charge in [0.1, 0.15) is 16.3 Å². The molecule has 0 saturated carbocycles. The molecule has 1 aliphatic rings. The SMILES string of the molecule is Cc1ccccc1[C@]1(O)CCN(C(=O)c2csc(-c3cccs3)n2)C1.